The fourth-order valence-corrected chi connectivity index (χ4v) is 8.62. The number of benzene rings is 1. The molecule has 0 heterocycles. The molecule has 0 bridgehead atoms. The number of aryl methyl sites for hydroxylation is 1. The van der Waals surface area contributed by atoms with Gasteiger partial charge in [-0.15, -0.1) is 0 Å². The predicted molar refractivity (Wildman–Crippen MR) is 224 cm³/mol. The monoisotopic (exact) mass is 755 g/mol. The number of hydrogen-bond donors (Lipinski definition) is 0. The number of hydrogen-bond acceptors (Lipinski definition) is 3. The van der Waals surface area contributed by atoms with Crippen molar-refractivity contribution in [2.24, 2.45) is 0 Å². The van der Waals surface area contributed by atoms with E-state index in [4.69, 9.17) is 0 Å². The van der Waals surface area contributed by atoms with E-state index in [9.17, 15) is 13.0 Å². The fraction of sp³-hybridized carbons (Fsp3) is 0.872. The Bertz CT molecular complexity index is 950. The van der Waals surface area contributed by atoms with E-state index in [1.807, 2.05) is 6.07 Å². The minimum Gasteiger partial charge on any atom is -0.744 e. The number of rotatable bonds is 41. The molecule has 0 fully saturated rings. The molecule has 3 nitrogen and oxygen atoms in total. The van der Waals surface area contributed by atoms with Crippen LogP contribution in [-0.2, 0) is 16.5 Å². The molecule has 0 amide bonds. The molecule has 0 atom stereocenters. The SMILES string of the molecule is CCCCCCCCCCCCCCCCCCCCCCCCCCCCCCCCCCCCCCCCCc1ccccc1S(=O)(=O)[O-].[Na+]. The van der Waals surface area contributed by atoms with E-state index in [-0.39, 0.29) is 34.5 Å². The molecule has 1 rings (SSSR count). The summed E-state index contributed by atoms with van der Waals surface area (Å²) >= 11 is 0. The third-order valence-corrected chi connectivity index (χ3v) is 12.2. The zero-order valence-electron chi connectivity index (χ0n) is 35.2. The fourth-order valence-electron chi connectivity index (χ4n) is 7.88. The van der Waals surface area contributed by atoms with Crippen LogP contribution in [0.5, 0.6) is 0 Å². The Morgan fingerprint density at radius 1 is 0.365 bits per heavy atom. The summed E-state index contributed by atoms with van der Waals surface area (Å²) in [4.78, 5) is -0.0401. The molecule has 0 unspecified atom stereocenters. The Morgan fingerprint density at radius 3 is 0.808 bits per heavy atom. The first-order chi connectivity index (χ1) is 25.1. The van der Waals surface area contributed by atoms with Crippen molar-refractivity contribution in [3.63, 3.8) is 0 Å². The molecule has 1 aromatic carbocycles. The largest absolute Gasteiger partial charge is 1.00 e. The van der Waals surface area contributed by atoms with Crippen molar-refractivity contribution < 1.29 is 42.5 Å². The summed E-state index contributed by atoms with van der Waals surface area (Å²) in [5.41, 5.74) is 0.675. The van der Waals surface area contributed by atoms with Gasteiger partial charge >= 0.3 is 29.6 Å². The molecular weight excluding hydrogens is 668 g/mol. The molecule has 1 aromatic rings. The van der Waals surface area contributed by atoms with Gasteiger partial charge in [0.05, 0.1) is 4.90 Å². The van der Waals surface area contributed by atoms with E-state index in [0.717, 1.165) is 12.8 Å². The Labute approximate surface area is 348 Å². The summed E-state index contributed by atoms with van der Waals surface area (Å²) in [7, 11) is -4.37. The second-order valence-electron chi connectivity index (χ2n) is 16.2. The van der Waals surface area contributed by atoms with Crippen LogP contribution in [0.15, 0.2) is 29.2 Å². The summed E-state index contributed by atoms with van der Waals surface area (Å²) in [6, 6.07) is 6.65. The molecule has 0 aliphatic heterocycles. The van der Waals surface area contributed by atoms with Crippen LogP contribution >= 0.6 is 0 Å². The van der Waals surface area contributed by atoms with Crippen molar-refractivity contribution in [1.82, 2.24) is 0 Å². The second kappa shape index (κ2) is 40.8. The van der Waals surface area contributed by atoms with Gasteiger partial charge in [0.15, 0.2) is 0 Å². The second-order valence-corrected chi connectivity index (χ2v) is 17.6. The average molecular weight is 755 g/mol. The van der Waals surface area contributed by atoms with E-state index >= 15 is 0 Å². The maximum absolute atomic E-state index is 11.4. The molecule has 5 heteroatoms. The quantitative estimate of drug-likeness (QED) is 0.0380. The molecule has 300 valence electrons. The molecule has 0 aromatic heterocycles. The number of unbranched alkanes of at least 4 members (excludes halogenated alkanes) is 38. The standard InChI is InChI=1S/C47H88O3S.Na/c1-2-3-4-5-6-7-8-9-10-11-12-13-14-15-16-17-18-19-20-21-22-23-24-25-26-27-28-29-30-31-32-33-34-35-36-37-38-39-40-43-46-44-41-42-45-47(46)51(48,49)50;/h41-42,44-45H,2-40,43H2,1H3,(H,48,49,50);/q;+1/p-1. The third-order valence-electron chi connectivity index (χ3n) is 11.3. The van der Waals surface area contributed by atoms with Crippen molar-refractivity contribution in [2.45, 2.75) is 269 Å². The molecule has 0 radical (unpaired) electrons. The van der Waals surface area contributed by atoms with Gasteiger partial charge in [-0.25, -0.2) is 8.42 Å². The van der Waals surface area contributed by atoms with Crippen LogP contribution in [0.4, 0.5) is 0 Å². The van der Waals surface area contributed by atoms with Gasteiger partial charge in [-0.1, -0.05) is 269 Å². The molecule has 0 saturated carbocycles. The molecular formula is C47H87NaO3S. The Hall–Kier alpha value is 0.130. The molecule has 52 heavy (non-hydrogen) atoms. The van der Waals surface area contributed by atoms with Crippen molar-refractivity contribution in [3.05, 3.63) is 29.8 Å². The van der Waals surface area contributed by atoms with Gasteiger partial charge in [-0.05, 0) is 24.5 Å². The van der Waals surface area contributed by atoms with Gasteiger partial charge in [-0.2, -0.15) is 0 Å². The maximum atomic E-state index is 11.4. The maximum Gasteiger partial charge on any atom is 1.00 e. The van der Waals surface area contributed by atoms with Crippen molar-refractivity contribution >= 4 is 10.1 Å². The first kappa shape index (κ1) is 52.1. The minimum absolute atomic E-state index is 0. The van der Waals surface area contributed by atoms with Gasteiger partial charge in [0, 0.05) is 0 Å². The summed E-state index contributed by atoms with van der Waals surface area (Å²) in [5.74, 6) is 0. The topological polar surface area (TPSA) is 57.2 Å². The Kier molecular flexibility index (Phi) is 40.9. The molecule has 0 aliphatic carbocycles. The Balaban J connectivity index is 0.0000260. The van der Waals surface area contributed by atoms with Crippen molar-refractivity contribution in [2.75, 3.05) is 0 Å². The van der Waals surface area contributed by atoms with E-state index in [0.29, 0.717) is 12.0 Å². The van der Waals surface area contributed by atoms with Gasteiger partial charge in [0.1, 0.15) is 10.1 Å². The van der Waals surface area contributed by atoms with E-state index < -0.39 is 10.1 Å². The third kappa shape index (κ3) is 35.8. The van der Waals surface area contributed by atoms with Crippen LogP contribution in [0.25, 0.3) is 0 Å². The van der Waals surface area contributed by atoms with Crippen LogP contribution in [0.1, 0.15) is 263 Å². The van der Waals surface area contributed by atoms with E-state index in [2.05, 4.69) is 6.92 Å². The van der Waals surface area contributed by atoms with Crippen molar-refractivity contribution in [1.29, 1.82) is 0 Å². The normalized spacial score (nSPS) is 11.7. The van der Waals surface area contributed by atoms with Crippen LogP contribution < -0.4 is 29.6 Å². The minimum atomic E-state index is -4.37. The molecule has 0 spiro atoms. The summed E-state index contributed by atoms with van der Waals surface area (Å²) in [6.45, 7) is 2.30. The summed E-state index contributed by atoms with van der Waals surface area (Å²) in [6.07, 6.45) is 55.8. The molecule has 0 aliphatic rings. The van der Waals surface area contributed by atoms with Gasteiger partial charge in [0.25, 0.3) is 0 Å². The van der Waals surface area contributed by atoms with Crippen LogP contribution in [-0.4, -0.2) is 13.0 Å². The summed E-state index contributed by atoms with van der Waals surface area (Å²) in [5, 5.41) is 0. The average Bonchev–Trinajstić information content (AvgIpc) is 3.12. The first-order valence-electron chi connectivity index (χ1n) is 23.1. The van der Waals surface area contributed by atoms with Crippen molar-refractivity contribution in [3.8, 4) is 0 Å². The zero-order chi connectivity index (χ0) is 36.8. The van der Waals surface area contributed by atoms with E-state index in [1.54, 1.807) is 12.1 Å². The van der Waals surface area contributed by atoms with Crippen LogP contribution in [0.3, 0.4) is 0 Å². The van der Waals surface area contributed by atoms with Crippen LogP contribution in [0, 0.1) is 0 Å². The van der Waals surface area contributed by atoms with Gasteiger partial charge in [-0.3, -0.25) is 0 Å². The van der Waals surface area contributed by atoms with Gasteiger partial charge < -0.3 is 4.55 Å². The smallest absolute Gasteiger partial charge is 0.744 e. The zero-order valence-corrected chi connectivity index (χ0v) is 38.0. The first-order valence-corrected chi connectivity index (χ1v) is 24.5. The van der Waals surface area contributed by atoms with E-state index in [1.165, 1.54) is 244 Å². The Morgan fingerprint density at radius 2 is 0.577 bits per heavy atom. The molecule has 0 N–H and O–H groups in total. The predicted octanol–water partition coefficient (Wildman–Crippen LogP) is 13.4. The van der Waals surface area contributed by atoms with Crippen LogP contribution in [0.2, 0.25) is 0 Å². The molecule has 0 saturated heterocycles. The van der Waals surface area contributed by atoms with Gasteiger partial charge in [0.2, 0.25) is 0 Å². The summed E-state index contributed by atoms with van der Waals surface area (Å²) < 4.78 is 34.2.